The third kappa shape index (κ3) is 4.05. The van der Waals surface area contributed by atoms with E-state index in [9.17, 15) is 4.21 Å². The second-order valence-corrected chi connectivity index (χ2v) is 9.06. The molecule has 1 atom stereocenters. The highest BCUT2D eigenvalue weighted by Gasteiger charge is 2.24. The summed E-state index contributed by atoms with van der Waals surface area (Å²) >= 11 is 0. The van der Waals surface area contributed by atoms with E-state index in [4.69, 9.17) is 14.3 Å². The van der Waals surface area contributed by atoms with Crippen molar-refractivity contribution in [3.05, 3.63) is 54.7 Å². The molecule has 0 amide bonds. The van der Waals surface area contributed by atoms with Gasteiger partial charge in [-0.2, -0.15) is 0 Å². The molecular weight excluding hydrogens is 388 g/mol. The Balaban J connectivity index is 1.55. The molecule has 2 heterocycles. The van der Waals surface area contributed by atoms with E-state index in [0.29, 0.717) is 29.5 Å². The zero-order chi connectivity index (χ0) is 20.4. The van der Waals surface area contributed by atoms with Gasteiger partial charge in [-0.25, -0.2) is 13.3 Å². The summed E-state index contributed by atoms with van der Waals surface area (Å²) in [7, 11) is 0.666. The van der Waals surface area contributed by atoms with E-state index in [1.54, 1.807) is 47.9 Å². The number of methoxy groups -OCH3 is 1. The van der Waals surface area contributed by atoms with Gasteiger partial charge in [0.2, 0.25) is 0 Å². The maximum atomic E-state index is 13.1. The van der Waals surface area contributed by atoms with Crippen molar-refractivity contribution < 1.29 is 13.7 Å². The van der Waals surface area contributed by atoms with Crippen molar-refractivity contribution >= 4 is 20.8 Å². The average Bonchev–Trinajstić information content (AvgIpc) is 2.74. The van der Waals surface area contributed by atoms with Gasteiger partial charge in [-0.1, -0.05) is 0 Å². The van der Waals surface area contributed by atoms with Crippen LogP contribution in [0.5, 0.6) is 17.2 Å². The zero-order valence-electron chi connectivity index (χ0n) is 16.5. The van der Waals surface area contributed by atoms with Gasteiger partial charge in [0.05, 0.1) is 17.5 Å². The fourth-order valence-electron chi connectivity index (χ4n) is 3.33. The van der Waals surface area contributed by atoms with Gasteiger partial charge in [0.15, 0.2) is 0 Å². The Morgan fingerprint density at radius 1 is 1.00 bits per heavy atom. The molecule has 7 nitrogen and oxygen atoms in total. The number of piperazine rings is 1. The molecule has 152 valence electrons. The summed E-state index contributed by atoms with van der Waals surface area (Å²) < 4.78 is 34.5. The molecule has 8 heteroatoms. The van der Waals surface area contributed by atoms with Crippen molar-refractivity contribution in [2.45, 2.75) is 4.90 Å². The van der Waals surface area contributed by atoms with Crippen molar-refractivity contribution in [3.8, 4) is 17.2 Å². The van der Waals surface area contributed by atoms with Crippen LogP contribution in [-0.4, -0.2) is 58.7 Å². The lowest BCUT2D eigenvalue weighted by Gasteiger charge is -2.33. The number of fused-ring (bicyclic) bond motifs is 1. The van der Waals surface area contributed by atoms with Crippen LogP contribution < -0.4 is 9.47 Å². The summed E-state index contributed by atoms with van der Waals surface area (Å²) in [5, 5.41) is 0.874. The Hall–Kier alpha value is -2.68. The third-order valence-electron chi connectivity index (χ3n) is 5.11. The summed E-state index contributed by atoms with van der Waals surface area (Å²) in [6.07, 6.45) is 1.69. The number of ether oxygens (including phenoxy) is 2. The van der Waals surface area contributed by atoms with E-state index >= 15 is 0 Å². The summed E-state index contributed by atoms with van der Waals surface area (Å²) in [6, 6.07) is 14.4. The topological polar surface area (TPSA) is 78.8 Å². The number of rotatable bonds is 5. The van der Waals surface area contributed by atoms with Crippen LogP contribution >= 0.6 is 0 Å². The highest BCUT2D eigenvalue weighted by molar-refractivity contribution is 7.90. The quantitative estimate of drug-likeness (QED) is 0.693. The summed E-state index contributed by atoms with van der Waals surface area (Å²) in [5.41, 5.74) is 0.780. The molecule has 0 aliphatic carbocycles. The molecular formula is C21H24N4O3S. The number of hydrogen-bond donors (Lipinski definition) is 1. The van der Waals surface area contributed by atoms with E-state index in [-0.39, 0.29) is 0 Å². The minimum atomic E-state index is -2.99. The number of nitrogens with zero attached hydrogens (tertiary/aromatic N) is 3. The van der Waals surface area contributed by atoms with Crippen LogP contribution in [0, 0.1) is 4.78 Å². The molecule has 0 saturated carbocycles. The van der Waals surface area contributed by atoms with Crippen LogP contribution in [0.4, 0.5) is 0 Å². The van der Waals surface area contributed by atoms with Gasteiger partial charge < -0.3 is 14.4 Å². The Morgan fingerprint density at radius 2 is 1.69 bits per heavy atom. The smallest absolute Gasteiger partial charge is 0.138 e. The second kappa shape index (κ2) is 7.98. The predicted octanol–water partition coefficient (Wildman–Crippen LogP) is 3.60. The van der Waals surface area contributed by atoms with Gasteiger partial charge in [-0.3, -0.25) is 4.98 Å². The van der Waals surface area contributed by atoms with E-state index in [1.165, 1.54) is 0 Å². The van der Waals surface area contributed by atoms with Crippen LogP contribution in [0.3, 0.4) is 0 Å². The van der Waals surface area contributed by atoms with E-state index in [0.717, 1.165) is 29.7 Å². The largest absolute Gasteiger partial charge is 0.497 e. The van der Waals surface area contributed by atoms with Gasteiger partial charge in [-0.15, -0.1) is 0 Å². The predicted molar refractivity (Wildman–Crippen MR) is 113 cm³/mol. The number of aromatic nitrogens is 1. The van der Waals surface area contributed by atoms with Crippen LogP contribution in [0.1, 0.15) is 0 Å². The van der Waals surface area contributed by atoms with E-state index in [2.05, 4.69) is 9.88 Å². The summed E-state index contributed by atoms with van der Waals surface area (Å²) in [5.74, 6) is 2.03. The maximum Gasteiger partial charge on any atom is 0.138 e. The van der Waals surface area contributed by atoms with Crippen molar-refractivity contribution in [2.75, 3.05) is 40.3 Å². The Labute approximate surface area is 171 Å². The minimum Gasteiger partial charge on any atom is -0.497 e. The number of likely N-dealkylation sites (N-methyl/N-ethyl adjacent to an activating group) is 1. The molecule has 1 N–H and O–H groups in total. The van der Waals surface area contributed by atoms with Crippen LogP contribution in [0.25, 0.3) is 10.9 Å². The van der Waals surface area contributed by atoms with Crippen molar-refractivity contribution in [2.24, 2.45) is 0 Å². The zero-order valence-corrected chi connectivity index (χ0v) is 17.3. The molecule has 2 aromatic carbocycles. The number of hydrogen-bond acceptors (Lipinski definition) is 6. The molecule has 1 saturated heterocycles. The number of pyridine rings is 1. The molecule has 1 aliphatic rings. The number of benzene rings is 2. The summed E-state index contributed by atoms with van der Waals surface area (Å²) in [4.78, 5) is 7.04. The highest BCUT2D eigenvalue weighted by atomic mass is 32.2. The second-order valence-electron chi connectivity index (χ2n) is 7.02. The van der Waals surface area contributed by atoms with Crippen LogP contribution in [0.2, 0.25) is 0 Å². The first kappa shape index (κ1) is 19.6. The molecule has 0 bridgehead atoms. The normalized spacial score (nSPS) is 17.7. The van der Waals surface area contributed by atoms with Crippen molar-refractivity contribution in [1.29, 1.82) is 4.78 Å². The van der Waals surface area contributed by atoms with Gasteiger partial charge >= 0.3 is 0 Å². The fraction of sp³-hybridized carbons (Fsp3) is 0.286. The molecule has 0 radical (unpaired) electrons. The fourth-order valence-corrected chi connectivity index (χ4v) is 4.81. The lowest BCUT2D eigenvalue weighted by Crippen LogP contribution is -2.46. The maximum absolute atomic E-state index is 13.1. The molecule has 29 heavy (non-hydrogen) atoms. The third-order valence-corrected chi connectivity index (χ3v) is 7.11. The molecule has 0 spiro atoms. The first-order valence-electron chi connectivity index (χ1n) is 9.40. The molecule has 1 unspecified atom stereocenters. The lowest BCUT2D eigenvalue weighted by atomic mass is 10.2. The molecule has 1 aromatic heterocycles. The van der Waals surface area contributed by atoms with Crippen molar-refractivity contribution in [1.82, 2.24) is 14.2 Å². The SMILES string of the molecule is COc1ccc2c(Oc3ccc(S(=N)(=O)N4CCN(C)CC4)cc3)ccnc2c1. The molecule has 4 rings (SSSR count). The van der Waals surface area contributed by atoms with Crippen LogP contribution in [0.15, 0.2) is 59.6 Å². The minimum absolute atomic E-state index is 0.499. The first-order chi connectivity index (χ1) is 14.0. The lowest BCUT2D eigenvalue weighted by molar-refractivity contribution is 0.226. The average molecular weight is 413 g/mol. The van der Waals surface area contributed by atoms with Crippen molar-refractivity contribution in [3.63, 3.8) is 0 Å². The number of nitrogens with one attached hydrogen (secondary N) is 1. The Kier molecular flexibility index (Phi) is 5.40. The highest BCUT2D eigenvalue weighted by Crippen LogP contribution is 2.31. The van der Waals surface area contributed by atoms with E-state index < -0.39 is 9.92 Å². The van der Waals surface area contributed by atoms with E-state index in [1.807, 2.05) is 25.2 Å². The van der Waals surface area contributed by atoms with Gasteiger partial charge in [0.25, 0.3) is 0 Å². The van der Waals surface area contributed by atoms with Gasteiger partial charge in [0.1, 0.15) is 27.2 Å². The summed E-state index contributed by atoms with van der Waals surface area (Å²) in [6.45, 7) is 2.89. The molecule has 3 aromatic rings. The monoisotopic (exact) mass is 412 g/mol. The van der Waals surface area contributed by atoms with Gasteiger partial charge in [-0.05, 0) is 49.5 Å². The molecule has 1 aliphatic heterocycles. The molecule has 1 fully saturated rings. The standard InChI is InChI=1S/C21H24N4O3S/c1-24-11-13-25(14-12-24)29(22,26)18-6-3-16(4-7-18)28-21-9-10-23-20-15-17(27-2)5-8-19(20)21/h3-10,15,22H,11-14H2,1-2H3. The van der Waals surface area contributed by atoms with Crippen LogP contribution in [-0.2, 0) is 9.92 Å². The Bertz CT molecular complexity index is 1110. The van der Waals surface area contributed by atoms with Gasteiger partial charge in [0, 0.05) is 43.8 Å². The first-order valence-corrected chi connectivity index (χ1v) is 10.9. The Morgan fingerprint density at radius 3 is 2.38 bits per heavy atom.